The minimum atomic E-state index is -1.84. The Morgan fingerprint density at radius 2 is 1.95 bits per heavy atom. The number of aromatic nitrogens is 1. The average Bonchev–Trinajstić information content (AvgIpc) is 2.34. The maximum absolute atomic E-state index is 13.7. The minimum Gasteiger partial charge on any atom is -0.413 e. The Hall–Kier alpha value is -1.26. The fraction of sp³-hybridized carbons (Fsp3) is 0.438. The second kappa shape index (κ2) is 5.26. The van der Waals surface area contributed by atoms with Crippen molar-refractivity contribution in [2.24, 2.45) is 0 Å². The summed E-state index contributed by atoms with van der Waals surface area (Å²) in [6, 6.07) is 4.91. The Balaban J connectivity index is 2.31. The number of fused-ring (bicyclic) bond motifs is 1. The smallest absolute Gasteiger partial charge is 0.192 e. The third-order valence-corrected chi connectivity index (χ3v) is 8.68. The number of hydrogen-bond donors (Lipinski definition) is 0. The van der Waals surface area contributed by atoms with Gasteiger partial charge >= 0.3 is 0 Å². The second-order valence-corrected chi connectivity index (χ2v) is 11.5. The van der Waals surface area contributed by atoms with Crippen LogP contribution in [0.4, 0.5) is 4.39 Å². The Morgan fingerprint density at radius 3 is 2.60 bits per heavy atom. The summed E-state index contributed by atoms with van der Waals surface area (Å²) < 4.78 is 19.9. The van der Waals surface area contributed by atoms with Crippen LogP contribution in [0.25, 0.3) is 10.8 Å². The van der Waals surface area contributed by atoms with Crippen LogP contribution in [-0.4, -0.2) is 13.3 Å². The zero-order chi connectivity index (χ0) is 15.0. The highest BCUT2D eigenvalue weighted by atomic mass is 28.4. The van der Waals surface area contributed by atoms with Crippen LogP contribution < -0.4 is 0 Å². The van der Waals surface area contributed by atoms with Crippen LogP contribution in [0.1, 0.15) is 26.3 Å². The molecule has 0 bridgehead atoms. The molecule has 0 spiro atoms. The van der Waals surface area contributed by atoms with E-state index in [1.165, 1.54) is 6.07 Å². The number of rotatable bonds is 3. The van der Waals surface area contributed by atoms with Crippen molar-refractivity contribution in [1.82, 2.24) is 4.98 Å². The lowest BCUT2D eigenvalue weighted by Crippen LogP contribution is -2.40. The number of hydrogen-bond acceptors (Lipinski definition) is 2. The first kappa shape index (κ1) is 15.1. The normalized spacial score (nSPS) is 12.9. The molecule has 1 heterocycles. The first-order valence-electron chi connectivity index (χ1n) is 6.87. The molecule has 1 aromatic heterocycles. The first-order chi connectivity index (χ1) is 9.21. The van der Waals surface area contributed by atoms with Gasteiger partial charge in [0.2, 0.25) is 0 Å². The van der Waals surface area contributed by atoms with E-state index in [0.29, 0.717) is 6.61 Å². The molecule has 2 aromatic rings. The van der Waals surface area contributed by atoms with E-state index < -0.39 is 8.32 Å². The Morgan fingerprint density at radius 1 is 1.25 bits per heavy atom. The van der Waals surface area contributed by atoms with Gasteiger partial charge in [0.15, 0.2) is 8.32 Å². The molecule has 0 aliphatic heterocycles. The van der Waals surface area contributed by atoms with Gasteiger partial charge in [-0.05, 0) is 47.3 Å². The summed E-state index contributed by atoms with van der Waals surface area (Å²) in [5.74, 6) is -0.225. The highest BCUT2D eigenvalue weighted by Gasteiger charge is 2.37. The van der Waals surface area contributed by atoms with Crippen LogP contribution in [-0.2, 0) is 11.0 Å². The van der Waals surface area contributed by atoms with Gasteiger partial charge in [0, 0.05) is 17.8 Å². The number of nitrogens with zero attached hydrogens (tertiary/aromatic N) is 1. The van der Waals surface area contributed by atoms with E-state index in [-0.39, 0.29) is 10.9 Å². The molecule has 0 atom stereocenters. The van der Waals surface area contributed by atoms with Crippen molar-refractivity contribution in [3.8, 4) is 0 Å². The van der Waals surface area contributed by atoms with Gasteiger partial charge < -0.3 is 4.43 Å². The van der Waals surface area contributed by atoms with E-state index in [9.17, 15) is 4.39 Å². The van der Waals surface area contributed by atoms with Crippen LogP contribution in [0, 0.1) is 5.82 Å². The molecule has 108 valence electrons. The molecule has 0 saturated carbocycles. The molecule has 0 amide bonds. The van der Waals surface area contributed by atoms with E-state index in [1.54, 1.807) is 18.5 Å². The highest BCUT2D eigenvalue weighted by molar-refractivity contribution is 6.74. The summed E-state index contributed by atoms with van der Waals surface area (Å²) in [6.45, 7) is 11.4. The third-order valence-electron chi connectivity index (χ3n) is 4.20. The minimum absolute atomic E-state index is 0.147. The highest BCUT2D eigenvalue weighted by Crippen LogP contribution is 2.37. The van der Waals surface area contributed by atoms with E-state index in [2.05, 4.69) is 38.8 Å². The van der Waals surface area contributed by atoms with Gasteiger partial charge in [-0.2, -0.15) is 0 Å². The lowest BCUT2D eigenvalue weighted by Gasteiger charge is -2.36. The van der Waals surface area contributed by atoms with Gasteiger partial charge in [0.25, 0.3) is 0 Å². The van der Waals surface area contributed by atoms with E-state index >= 15 is 0 Å². The first-order valence-corrected chi connectivity index (χ1v) is 9.78. The Bertz CT molecular complexity index is 619. The van der Waals surface area contributed by atoms with Gasteiger partial charge in [0.05, 0.1) is 6.61 Å². The van der Waals surface area contributed by atoms with Gasteiger partial charge in [-0.1, -0.05) is 20.8 Å². The van der Waals surface area contributed by atoms with Gasteiger partial charge in [-0.15, -0.1) is 0 Å². The Labute approximate surface area is 121 Å². The van der Waals surface area contributed by atoms with E-state index in [1.807, 2.05) is 6.07 Å². The molecule has 2 nitrogen and oxygen atoms in total. The molecule has 4 heteroatoms. The van der Waals surface area contributed by atoms with Crippen LogP contribution in [0.2, 0.25) is 18.1 Å². The zero-order valence-corrected chi connectivity index (χ0v) is 13.8. The number of benzene rings is 1. The van der Waals surface area contributed by atoms with Crippen molar-refractivity contribution in [2.75, 3.05) is 0 Å². The van der Waals surface area contributed by atoms with Crippen LogP contribution in [0.5, 0.6) is 0 Å². The molecule has 1 aromatic carbocycles. The molecule has 0 N–H and O–H groups in total. The number of halogens is 1. The van der Waals surface area contributed by atoms with Gasteiger partial charge in [0.1, 0.15) is 5.82 Å². The Kier molecular flexibility index (Phi) is 3.98. The monoisotopic (exact) mass is 291 g/mol. The number of pyridine rings is 1. The van der Waals surface area contributed by atoms with Crippen LogP contribution >= 0.6 is 0 Å². The SMILES string of the molecule is CC(C)(C)[Si](C)(C)OCc1cc(F)cc2ccncc12. The van der Waals surface area contributed by atoms with Gasteiger partial charge in [-0.25, -0.2) is 4.39 Å². The molecule has 0 aliphatic carbocycles. The molecule has 0 saturated heterocycles. The average molecular weight is 291 g/mol. The van der Waals surface area contributed by atoms with Crippen molar-refractivity contribution < 1.29 is 8.82 Å². The maximum atomic E-state index is 13.7. The molecule has 0 aliphatic rings. The standard InChI is InChI=1S/C16H22FNOSi/c1-16(2,3)20(4,5)19-11-13-9-14(17)8-12-6-7-18-10-15(12)13/h6-10H,11H2,1-5H3. The fourth-order valence-corrected chi connectivity index (χ4v) is 2.78. The van der Waals surface area contributed by atoms with Crippen molar-refractivity contribution in [3.05, 3.63) is 42.0 Å². The topological polar surface area (TPSA) is 22.1 Å². The second-order valence-electron chi connectivity index (χ2n) is 6.71. The maximum Gasteiger partial charge on any atom is 0.192 e. The molecular formula is C16H22FNOSi. The van der Waals surface area contributed by atoms with Gasteiger partial charge in [-0.3, -0.25) is 4.98 Å². The lowest BCUT2D eigenvalue weighted by atomic mass is 10.1. The summed E-state index contributed by atoms with van der Waals surface area (Å²) in [6.07, 6.45) is 3.46. The quantitative estimate of drug-likeness (QED) is 0.751. The molecule has 0 unspecified atom stereocenters. The predicted molar refractivity (Wildman–Crippen MR) is 83.7 cm³/mol. The zero-order valence-electron chi connectivity index (χ0n) is 12.8. The largest absolute Gasteiger partial charge is 0.413 e. The van der Waals surface area contributed by atoms with Crippen LogP contribution in [0.15, 0.2) is 30.6 Å². The van der Waals surface area contributed by atoms with Crippen LogP contribution in [0.3, 0.4) is 0 Å². The molecular weight excluding hydrogens is 269 g/mol. The predicted octanol–water partition coefficient (Wildman–Crippen LogP) is 4.90. The molecule has 2 rings (SSSR count). The van der Waals surface area contributed by atoms with Crippen molar-refractivity contribution in [2.45, 2.75) is 45.5 Å². The van der Waals surface area contributed by atoms with Crippen molar-refractivity contribution >= 4 is 19.1 Å². The summed E-state index contributed by atoms with van der Waals surface area (Å²) in [5, 5.41) is 1.98. The summed E-state index contributed by atoms with van der Waals surface area (Å²) >= 11 is 0. The summed E-state index contributed by atoms with van der Waals surface area (Å²) in [5.41, 5.74) is 0.873. The summed E-state index contributed by atoms with van der Waals surface area (Å²) in [7, 11) is -1.84. The van der Waals surface area contributed by atoms with E-state index in [0.717, 1.165) is 16.3 Å². The summed E-state index contributed by atoms with van der Waals surface area (Å²) in [4.78, 5) is 4.13. The van der Waals surface area contributed by atoms with Crippen molar-refractivity contribution in [3.63, 3.8) is 0 Å². The third kappa shape index (κ3) is 3.07. The molecule has 0 fully saturated rings. The molecule has 0 radical (unpaired) electrons. The van der Waals surface area contributed by atoms with E-state index in [4.69, 9.17) is 4.43 Å². The van der Waals surface area contributed by atoms with Crippen molar-refractivity contribution in [1.29, 1.82) is 0 Å². The molecule has 20 heavy (non-hydrogen) atoms. The lowest BCUT2D eigenvalue weighted by molar-refractivity contribution is 0.277. The fourth-order valence-electron chi connectivity index (χ4n) is 1.83.